The molecule has 0 radical (unpaired) electrons. The fourth-order valence-electron chi connectivity index (χ4n) is 4.08. The van der Waals surface area contributed by atoms with E-state index in [2.05, 4.69) is 19.1 Å². The van der Waals surface area contributed by atoms with Crippen molar-refractivity contribution in [3.05, 3.63) is 35.0 Å². The number of hydrogen-bond acceptors (Lipinski definition) is 3. The summed E-state index contributed by atoms with van der Waals surface area (Å²) < 4.78 is 11.0. The molecule has 110 valence electrons. The third-order valence-corrected chi connectivity index (χ3v) is 5.18. The lowest BCUT2D eigenvalue weighted by Crippen LogP contribution is -2.31. The number of methoxy groups -OCH3 is 1. The summed E-state index contributed by atoms with van der Waals surface area (Å²) in [5.74, 6) is 2.21. The van der Waals surface area contributed by atoms with Crippen LogP contribution >= 0.6 is 0 Å². The monoisotopic (exact) mass is 283 g/mol. The summed E-state index contributed by atoms with van der Waals surface area (Å²) in [6.07, 6.45) is 3.43. The minimum atomic E-state index is 0.640. The largest absolute Gasteiger partial charge is 0.497 e. The first-order chi connectivity index (χ1) is 10.3. The van der Waals surface area contributed by atoms with Crippen molar-refractivity contribution in [2.24, 2.45) is 5.92 Å². The van der Waals surface area contributed by atoms with E-state index in [9.17, 15) is 0 Å². The van der Waals surface area contributed by atoms with Crippen molar-refractivity contribution in [3.63, 3.8) is 0 Å². The van der Waals surface area contributed by atoms with Crippen LogP contribution in [0.15, 0.2) is 18.2 Å². The van der Waals surface area contributed by atoms with Gasteiger partial charge in [-0.2, -0.15) is 0 Å². The lowest BCUT2D eigenvalue weighted by molar-refractivity contribution is 0.0330. The van der Waals surface area contributed by atoms with Gasteiger partial charge in [-0.3, -0.25) is 4.98 Å². The molecule has 1 aliphatic carbocycles. The molecule has 0 N–H and O–H groups in total. The Labute approximate surface area is 125 Å². The van der Waals surface area contributed by atoms with Crippen molar-refractivity contribution < 1.29 is 9.47 Å². The Hall–Kier alpha value is -1.61. The molecule has 1 aromatic carbocycles. The SMILES string of the molecule is COc1ccc2c(C)c3c(nc2c1)CCC1COCCC31. The van der Waals surface area contributed by atoms with Crippen molar-refractivity contribution in [1.82, 2.24) is 4.98 Å². The van der Waals surface area contributed by atoms with Gasteiger partial charge in [0.15, 0.2) is 0 Å². The van der Waals surface area contributed by atoms with Gasteiger partial charge >= 0.3 is 0 Å². The maximum atomic E-state index is 5.67. The van der Waals surface area contributed by atoms with Gasteiger partial charge in [0, 0.05) is 30.4 Å². The highest BCUT2D eigenvalue weighted by Crippen LogP contribution is 2.43. The van der Waals surface area contributed by atoms with Crippen molar-refractivity contribution in [2.45, 2.75) is 32.1 Å². The zero-order valence-corrected chi connectivity index (χ0v) is 12.7. The number of aryl methyl sites for hydroxylation is 2. The summed E-state index contributed by atoms with van der Waals surface area (Å²) >= 11 is 0. The molecule has 2 atom stereocenters. The van der Waals surface area contributed by atoms with Crippen molar-refractivity contribution in [3.8, 4) is 5.75 Å². The summed E-state index contributed by atoms with van der Waals surface area (Å²) in [6.45, 7) is 4.07. The molecule has 2 aromatic rings. The highest BCUT2D eigenvalue weighted by atomic mass is 16.5. The highest BCUT2D eigenvalue weighted by Gasteiger charge is 2.34. The van der Waals surface area contributed by atoms with Crippen LogP contribution in [0.25, 0.3) is 10.9 Å². The molecule has 1 aromatic heterocycles. The van der Waals surface area contributed by atoms with E-state index in [-0.39, 0.29) is 0 Å². The second-order valence-corrected chi connectivity index (χ2v) is 6.25. The van der Waals surface area contributed by atoms with Gasteiger partial charge in [0.25, 0.3) is 0 Å². The van der Waals surface area contributed by atoms with Crippen molar-refractivity contribution >= 4 is 10.9 Å². The van der Waals surface area contributed by atoms with Gasteiger partial charge in [-0.05, 0) is 61.3 Å². The van der Waals surface area contributed by atoms with E-state index < -0.39 is 0 Å². The first-order valence-corrected chi connectivity index (χ1v) is 7.83. The average Bonchev–Trinajstić information content (AvgIpc) is 2.54. The number of pyridine rings is 1. The van der Waals surface area contributed by atoms with Crippen LogP contribution in [0.5, 0.6) is 5.75 Å². The summed E-state index contributed by atoms with van der Waals surface area (Å²) in [5.41, 5.74) is 5.29. The fourth-order valence-corrected chi connectivity index (χ4v) is 4.08. The first-order valence-electron chi connectivity index (χ1n) is 7.83. The quantitative estimate of drug-likeness (QED) is 0.801. The second-order valence-electron chi connectivity index (χ2n) is 6.25. The van der Waals surface area contributed by atoms with Crippen LogP contribution in [-0.2, 0) is 11.2 Å². The van der Waals surface area contributed by atoms with Crippen molar-refractivity contribution in [2.75, 3.05) is 20.3 Å². The van der Waals surface area contributed by atoms with Crippen LogP contribution in [-0.4, -0.2) is 25.3 Å². The number of hydrogen-bond donors (Lipinski definition) is 0. The Morgan fingerprint density at radius 3 is 3.05 bits per heavy atom. The third-order valence-electron chi connectivity index (χ3n) is 5.18. The van der Waals surface area contributed by atoms with Crippen LogP contribution in [0.4, 0.5) is 0 Å². The molecule has 2 unspecified atom stereocenters. The molecule has 1 aliphatic heterocycles. The van der Waals surface area contributed by atoms with Crippen LogP contribution in [0, 0.1) is 12.8 Å². The summed E-state index contributed by atoms with van der Waals surface area (Å²) in [4.78, 5) is 4.96. The van der Waals surface area contributed by atoms with Gasteiger partial charge in [0.05, 0.1) is 12.6 Å². The summed E-state index contributed by atoms with van der Waals surface area (Å²) in [6, 6.07) is 6.24. The Bertz CT molecular complexity index is 695. The Kier molecular flexibility index (Phi) is 3.11. The molecule has 2 aliphatic rings. The van der Waals surface area contributed by atoms with E-state index >= 15 is 0 Å². The van der Waals surface area contributed by atoms with Gasteiger partial charge in [0.1, 0.15) is 5.75 Å². The minimum Gasteiger partial charge on any atom is -0.497 e. The molecule has 3 heteroatoms. The molecule has 1 saturated heterocycles. The fraction of sp³-hybridized carbons (Fsp3) is 0.500. The standard InChI is InChI=1S/C18H21NO2/c1-11-14-5-4-13(20-2)9-17(14)19-16-6-3-12-10-21-8-7-15(12)18(11)16/h4-5,9,12,15H,3,6-8,10H2,1-2H3. The number of fused-ring (bicyclic) bond motifs is 4. The van der Waals surface area contributed by atoms with Gasteiger partial charge in [-0.1, -0.05) is 0 Å². The lowest BCUT2D eigenvalue weighted by Gasteiger charge is -2.37. The van der Waals surface area contributed by atoms with Crippen molar-refractivity contribution in [1.29, 1.82) is 0 Å². The van der Waals surface area contributed by atoms with E-state index in [1.807, 2.05) is 6.07 Å². The molecule has 2 heterocycles. The van der Waals surface area contributed by atoms with Crippen LogP contribution in [0.1, 0.15) is 35.6 Å². The Balaban J connectivity index is 1.91. The highest BCUT2D eigenvalue weighted by molar-refractivity contribution is 5.85. The molecule has 0 bridgehead atoms. The molecule has 4 rings (SSSR count). The molecular weight excluding hydrogens is 262 g/mol. The van der Waals surface area contributed by atoms with Gasteiger partial charge in [-0.25, -0.2) is 0 Å². The second kappa shape index (κ2) is 4.99. The molecule has 0 spiro atoms. The van der Waals surface area contributed by atoms with Gasteiger partial charge in [0.2, 0.25) is 0 Å². The minimum absolute atomic E-state index is 0.640. The van der Waals surface area contributed by atoms with E-state index in [0.29, 0.717) is 11.8 Å². The van der Waals surface area contributed by atoms with Gasteiger partial charge in [-0.15, -0.1) is 0 Å². The predicted octanol–water partition coefficient (Wildman–Crippen LogP) is 3.62. The molecule has 0 saturated carbocycles. The van der Waals surface area contributed by atoms with E-state index in [0.717, 1.165) is 37.3 Å². The van der Waals surface area contributed by atoms with E-state index in [1.165, 1.54) is 28.6 Å². The average molecular weight is 283 g/mol. The molecule has 0 amide bonds. The molecule has 21 heavy (non-hydrogen) atoms. The zero-order valence-electron chi connectivity index (χ0n) is 12.7. The van der Waals surface area contributed by atoms with Crippen LogP contribution in [0.2, 0.25) is 0 Å². The maximum Gasteiger partial charge on any atom is 0.121 e. The van der Waals surface area contributed by atoms with E-state index in [1.54, 1.807) is 7.11 Å². The number of benzene rings is 1. The zero-order chi connectivity index (χ0) is 14.4. The number of nitrogens with zero attached hydrogens (tertiary/aromatic N) is 1. The van der Waals surface area contributed by atoms with Gasteiger partial charge < -0.3 is 9.47 Å². The molecule has 3 nitrogen and oxygen atoms in total. The third kappa shape index (κ3) is 2.03. The van der Waals surface area contributed by atoms with E-state index in [4.69, 9.17) is 14.5 Å². The topological polar surface area (TPSA) is 31.4 Å². The summed E-state index contributed by atoms with van der Waals surface area (Å²) in [7, 11) is 1.71. The number of rotatable bonds is 1. The van der Waals surface area contributed by atoms with Crippen LogP contribution in [0.3, 0.4) is 0 Å². The normalized spacial score (nSPS) is 24.5. The Morgan fingerprint density at radius 2 is 2.19 bits per heavy atom. The Morgan fingerprint density at radius 1 is 1.29 bits per heavy atom. The first kappa shape index (κ1) is 13.1. The number of aromatic nitrogens is 1. The number of ether oxygens (including phenoxy) is 2. The van der Waals surface area contributed by atoms with Crippen LogP contribution < -0.4 is 4.74 Å². The lowest BCUT2D eigenvalue weighted by atomic mass is 9.72. The molecule has 1 fully saturated rings. The maximum absolute atomic E-state index is 5.67. The summed E-state index contributed by atoms with van der Waals surface area (Å²) in [5, 5.41) is 1.27. The smallest absolute Gasteiger partial charge is 0.121 e. The molecular formula is C18H21NO2. The predicted molar refractivity (Wildman–Crippen MR) is 83.0 cm³/mol.